The third-order valence-electron chi connectivity index (χ3n) is 2.88. The van der Waals surface area contributed by atoms with Crippen LogP contribution in [-0.2, 0) is 6.42 Å². The van der Waals surface area contributed by atoms with Gasteiger partial charge >= 0.3 is 0 Å². The zero-order chi connectivity index (χ0) is 12.0. The summed E-state index contributed by atoms with van der Waals surface area (Å²) in [6.45, 7) is 7.65. The lowest BCUT2D eigenvalue weighted by atomic mass is 9.98. The summed E-state index contributed by atoms with van der Waals surface area (Å²) in [4.78, 5) is 0. The number of aromatic nitrogens is 2. The SMILES string of the molecule is CCCC(CNC)Cc1ccn(C(C)C)n1. The van der Waals surface area contributed by atoms with Gasteiger partial charge in [-0.05, 0) is 52.3 Å². The Balaban J connectivity index is 2.55. The monoisotopic (exact) mass is 223 g/mol. The van der Waals surface area contributed by atoms with Crippen LogP contribution in [0.5, 0.6) is 0 Å². The Kier molecular flexibility index (Phi) is 5.53. The molecule has 0 bridgehead atoms. The zero-order valence-corrected chi connectivity index (χ0v) is 11.0. The third-order valence-corrected chi connectivity index (χ3v) is 2.88. The minimum Gasteiger partial charge on any atom is -0.319 e. The summed E-state index contributed by atoms with van der Waals surface area (Å²) in [5, 5.41) is 7.87. The van der Waals surface area contributed by atoms with Crippen molar-refractivity contribution < 1.29 is 0 Å². The fraction of sp³-hybridized carbons (Fsp3) is 0.769. The highest BCUT2D eigenvalue weighted by Crippen LogP contribution is 2.13. The van der Waals surface area contributed by atoms with Gasteiger partial charge in [0.1, 0.15) is 0 Å². The van der Waals surface area contributed by atoms with Gasteiger partial charge in [0.2, 0.25) is 0 Å². The molecule has 1 aromatic rings. The van der Waals surface area contributed by atoms with Crippen LogP contribution < -0.4 is 5.32 Å². The van der Waals surface area contributed by atoms with Gasteiger partial charge in [0.15, 0.2) is 0 Å². The second-order valence-corrected chi connectivity index (χ2v) is 4.80. The second-order valence-electron chi connectivity index (χ2n) is 4.80. The Bertz CT molecular complexity index is 285. The predicted molar refractivity (Wildman–Crippen MR) is 68.6 cm³/mol. The van der Waals surface area contributed by atoms with Crippen molar-refractivity contribution in [3.05, 3.63) is 18.0 Å². The van der Waals surface area contributed by atoms with Crippen LogP contribution in [0.15, 0.2) is 12.3 Å². The summed E-state index contributed by atoms with van der Waals surface area (Å²) < 4.78 is 2.04. The molecule has 0 amide bonds. The molecule has 92 valence electrons. The highest BCUT2D eigenvalue weighted by Gasteiger charge is 2.10. The standard InChI is InChI=1S/C13H25N3/c1-5-6-12(10-14-4)9-13-7-8-16(15-13)11(2)3/h7-8,11-12,14H,5-6,9-10H2,1-4H3. The Labute approximate surface area is 99.2 Å². The maximum Gasteiger partial charge on any atom is 0.0627 e. The Morgan fingerprint density at radius 1 is 1.44 bits per heavy atom. The average molecular weight is 223 g/mol. The van der Waals surface area contributed by atoms with Gasteiger partial charge in [0.25, 0.3) is 0 Å². The van der Waals surface area contributed by atoms with E-state index in [0.29, 0.717) is 12.0 Å². The van der Waals surface area contributed by atoms with Gasteiger partial charge in [-0.2, -0.15) is 5.10 Å². The van der Waals surface area contributed by atoms with Crippen molar-refractivity contribution in [3.63, 3.8) is 0 Å². The van der Waals surface area contributed by atoms with Crippen molar-refractivity contribution in [2.24, 2.45) is 5.92 Å². The van der Waals surface area contributed by atoms with E-state index in [4.69, 9.17) is 0 Å². The highest BCUT2D eigenvalue weighted by atomic mass is 15.3. The fourth-order valence-corrected chi connectivity index (χ4v) is 2.04. The summed E-state index contributed by atoms with van der Waals surface area (Å²) in [6, 6.07) is 2.61. The molecule has 0 saturated carbocycles. The first-order chi connectivity index (χ1) is 7.67. The van der Waals surface area contributed by atoms with E-state index in [1.807, 2.05) is 11.7 Å². The van der Waals surface area contributed by atoms with Gasteiger partial charge in [0.05, 0.1) is 5.69 Å². The molecule has 0 radical (unpaired) electrons. The largest absolute Gasteiger partial charge is 0.319 e. The number of nitrogens with zero attached hydrogens (tertiary/aromatic N) is 2. The van der Waals surface area contributed by atoms with E-state index in [9.17, 15) is 0 Å². The molecule has 3 nitrogen and oxygen atoms in total. The van der Waals surface area contributed by atoms with E-state index in [2.05, 4.69) is 43.4 Å². The predicted octanol–water partition coefficient (Wildman–Crippen LogP) is 2.64. The van der Waals surface area contributed by atoms with Crippen molar-refractivity contribution >= 4 is 0 Å². The van der Waals surface area contributed by atoms with Gasteiger partial charge in [-0.25, -0.2) is 0 Å². The third kappa shape index (κ3) is 3.97. The molecule has 1 unspecified atom stereocenters. The van der Waals surface area contributed by atoms with E-state index >= 15 is 0 Å². The topological polar surface area (TPSA) is 29.9 Å². The van der Waals surface area contributed by atoms with Crippen LogP contribution in [0.4, 0.5) is 0 Å². The van der Waals surface area contributed by atoms with Gasteiger partial charge in [-0.15, -0.1) is 0 Å². The smallest absolute Gasteiger partial charge is 0.0627 e. The first-order valence-corrected chi connectivity index (χ1v) is 6.36. The van der Waals surface area contributed by atoms with Gasteiger partial charge < -0.3 is 5.32 Å². The molecule has 1 heterocycles. The van der Waals surface area contributed by atoms with E-state index in [0.717, 1.165) is 13.0 Å². The fourth-order valence-electron chi connectivity index (χ4n) is 2.04. The van der Waals surface area contributed by atoms with Crippen molar-refractivity contribution in [3.8, 4) is 0 Å². The van der Waals surface area contributed by atoms with Crippen molar-refractivity contribution in [2.45, 2.75) is 46.1 Å². The van der Waals surface area contributed by atoms with Gasteiger partial charge in [-0.3, -0.25) is 4.68 Å². The van der Waals surface area contributed by atoms with Crippen LogP contribution in [0, 0.1) is 5.92 Å². The first-order valence-electron chi connectivity index (χ1n) is 6.36. The molecule has 0 aliphatic rings. The summed E-state index contributed by atoms with van der Waals surface area (Å²) in [5.74, 6) is 0.713. The molecular formula is C13H25N3. The molecule has 16 heavy (non-hydrogen) atoms. The molecule has 1 N–H and O–H groups in total. The Morgan fingerprint density at radius 3 is 2.69 bits per heavy atom. The first kappa shape index (κ1) is 13.2. The lowest BCUT2D eigenvalue weighted by molar-refractivity contribution is 0.444. The number of nitrogens with one attached hydrogen (secondary N) is 1. The van der Waals surface area contributed by atoms with Crippen LogP contribution in [-0.4, -0.2) is 23.4 Å². The maximum atomic E-state index is 4.60. The molecule has 0 aliphatic carbocycles. The average Bonchev–Trinajstić information content (AvgIpc) is 2.67. The highest BCUT2D eigenvalue weighted by molar-refractivity contribution is 5.01. The molecule has 0 fully saturated rings. The normalized spacial score (nSPS) is 13.3. The van der Waals surface area contributed by atoms with Crippen molar-refractivity contribution in [2.75, 3.05) is 13.6 Å². The number of rotatable bonds is 7. The van der Waals surface area contributed by atoms with Crippen LogP contribution in [0.25, 0.3) is 0 Å². The van der Waals surface area contributed by atoms with Gasteiger partial charge in [0, 0.05) is 12.2 Å². The van der Waals surface area contributed by atoms with E-state index in [-0.39, 0.29) is 0 Å². The van der Waals surface area contributed by atoms with E-state index in [1.54, 1.807) is 0 Å². The van der Waals surface area contributed by atoms with Crippen LogP contribution in [0.1, 0.15) is 45.3 Å². The molecular weight excluding hydrogens is 198 g/mol. The molecule has 1 rings (SSSR count). The summed E-state index contributed by atoms with van der Waals surface area (Å²) >= 11 is 0. The minimum absolute atomic E-state index is 0.461. The summed E-state index contributed by atoms with van der Waals surface area (Å²) in [5.41, 5.74) is 1.22. The maximum absolute atomic E-state index is 4.60. The zero-order valence-electron chi connectivity index (χ0n) is 11.0. The van der Waals surface area contributed by atoms with Gasteiger partial charge in [-0.1, -0.05) is 13.3 Å². The lowest BCUT2D eigenvalue weighted by Gasteiger charge is -2.14. The molecule has 3 heteroatoms. The number of hydrogen-bond acceptors (Lipinski definition) is 2. The lowest BCUT2D eigenvalue weighted by Crippen LogP contribution is -2.21. The van der Waals surface area contributed by atoms with Crippen molar-refractivity contribution in [1.82, 2.24) is 15.1 Å². The van der Waals surface area contributed by atoms with Crippen LogP contribution in [0.3, 0.4) is 0 Å². The van der Waals surface area contributed by atoms with E-state index < -0.39 is 0 Å². The number of hydrogen-bond donors (Lipinski definition) is 1. The Hall–Kier alpha value is -0.830. The summed E-state index contributed by atoms with van der Waals surface area (Å²) in [6.07, 6.45) is 5.70. The molecule has 0 saturated heterocycles. The Morgan fingerprint density at radius 2 is 2.19 bits per heavy atom. The van der Waals surface area contributed by atoms with Crippen molar-refractivity contribution in [1.29, 1.82) is 0 Å². The van der Waals surface area contributed by atoms with Crippen LogP contribution in [0.2, 0.25) is 0 Å². The second kappa shape index (κ2) is 6.69. The van der Waals surface area contributed by atoms with Crippen LogP contribution >= 0.6 is 0 Å². The minimum atomic E-state index is 0.461. The molecule has 0 aliphatic heterocycles. The molecule has 0 aromatic carbocycles. The van der Waals surface area contributed by atoms with E-state index in [1.165, 1.54) is 18.5 Å². The quantitative estimate of drug-likeness (QED) is 0.770. The molecule has 1 atom stereocenters. The summed E-state index contributed by atoms with van der Waals surface area (Å²) in [7, 11) is 2.02. The molecule has 1 aromatic heterocycles. The molecule has 0 spiro atoms.